The number of rotatable bonds is 13. The highest BCUT2D eigenvalue weighted by atomic mass is 15.1. The summed E-state index contributed by atoms with van der Waals surface area (Å²) >= 11 is 0. The van der Waals surface area contributed by atoms with E-state index in [4.69, 9.17) is 0 Å². The Balaban J connectivity index is 1.26. The van der Waals surface area contributed by atoms with Gasteiger partial charge in [-0.25, -0.2) is 0 Å². The van der Waals surface area contributed by atoms with Gasteiger partial charge in [0.25, 0.3) is 0 Å². The minimum absolute atomic E-state index is 0.682. The van der Waals surface area contributed by atoms with Gasteiger partial charge in [-0.05, 0) is 137 Å². The van der Waals surface area contributed by atoms with Crippen LogP contribution in [-0.4, -0.2) is 24.5 Å². The molecule has 0 aromatic heterocycles. The minimum atomic E-state index is 0.682. The molecule has 7 atom stereocenters. The third-order valence-corrected chi connectivity index (χ3v) is 12.2. The van der Waals surface area contributed by atoms with Crippen molar-refractivity contribution in [3.63, 3.8) is 0 Å². The molecule has 4 rings (SSSR count). The van der Waals surface area contributed by atoms with Crippen LogP contribution in [0.3, 0.4) is 0 Å². The molecule has 0 heterocycles. The third-order valence-electron chi connectivity index (χ3n) is 12.2. The molecule has 2 unspecified atom stereocenters. The Kier molecular flexibility index (Phi) is 9.91. The number of nitrogens with zero attached hydrogens (tertiary/aromatic N) is 1. The maximum Gasteiger partial charge on any atom is -0.00187 e. The van der Waals surface area contributed by atoms with Crippen molar-refractivity contribution in [3.8, 4) is 0 Å². The van der Waals surface area contributed by atoms with E-state index in [-0.39, 0.29) is 0 Å². The first-order valence-corrected chi connectivity index (χ1v) is 16.2. The molecule has 1 nitrogen and oxygen atoms in total. The zero-order chi connectivity index (χ0) is 24.0. The van der Waals surface area contributed by atoms with Crippen molar-refractivity contribution < 1.29 is 0 Å². The summed E-state index contributed by atoms with van der Waals surface area (Å²) in [5, 5.41) is 0. The summed E-state index contributed by atoms with van der Waals surface area (Å²) in [4.78, 5) is 2.82. The molecule has 0 aliphatic heterocycles. The second-order valence-corrected chi connectivity index (χ2v) is 14.0. The lowest BCUT2D eigenvalue weighted by Crippen LogP contribution is -2.52. The van der Waals surface area contributed by atoms with Crippen LogP contribution < -0.4 is 0 Å². The summed E-state index contributed by atoms with van der Waals surface area (Å²) in [6.07, 6.45) is 28.4. The molecule has 0 saturated heterocycles. The summed E-state index contributed by atoms with van der Waals surface area (Å²) in [6.45, 7) is 14.3. The van der Waals surface area contributed by atoms with Gasteiger partial charge in [0.05, 0.1) is 0 Å². The van der Waals surface area contributed by atoms with Crippen molar-refractivity contribution in [1.82, 2.24) is 4.90 Å². The fourth-order valence-corrected chi connectivity index (χ4v) is 10.1. The molecule has 4 aliphatic rings. The molecule has 4 saturated carbocycles. The normalized spacial score (nSPS) is 39.6. The van der Waals surface area contributed by atoms with Crippen LogP contribution >= 0.6 is 0 Å². The Labute approximate surface area is 214 Å². The molecule has 0 bridgehead atoms. The van der Waals surface area contributed by atoms with Gasteiger partial charge in [-0.1, -0.05) is 72.6 Å². The van der Waals surface area contributed by atoms with E-state index in [0.717, 1.165) is 29.6 Å². The van der Waals surface area contributed by atoms with E-state index in [0.29, 0.717) is 10.8 Å². The Morgan fingerprint density at radius 2 is 1.29 bits per heavy atom. The van der Waals surface area contributed by atoms with Crippen LogP contribution in [0.25, 0.3) is 0 Å². The van der Waals surface area contributed by atoms with E-state index in [1.807, 2.05) is 0 Å². The maximum absolute atomic E-state index is 2.82. The molecule has 0 spiro atoms. The topological polar surface area (TPSA) is 3.24 Å². The fourth-order valence-electron chi connectivity index (χ4n) is 10.1. The van der Waals surface area contributed by atoms with Crippen LogP contribution in [0.15, 0.2) is 0 Å². The number of hydrogen-bond donors (Lipinski definition) is 0. The second kappa shape index (κ2) is 12.5. The Morgan fingerprint density at radius 3 is 2.00 bits per heavy atom. The highest BCUT2D eigenvalue weighted by Crippen LogP contribution is 2.67. The Hall–Kier alpha value is -0.0400. The van der Waals surface area contributed by atoms with Crippen LogP contribution in [-0.2, 0) is 0 Å². The highest BCUT2D eigenvalue weighted by Gasteiger charge is 2.59. The summed E-state index contributed by atoms with van der Waals surface area (Å²) in [5.41, 5.74) is 1.39. The van der Waals surface area contributed by atoms with E-state index >= 15 is 0 Å². The molecular weight excluding hydrogens is 410 g/mol. The first-order valence-electron chi connectivity index (χ1n) is 16.2. The average molecular weight is 472 g/mol. The van der Waals surface area contributed by atoms with Crippen LogP contribution in [0, 0.1) is 40.4 Å². The van der Waals surface area contributed by atoms with Gasteiger partial charge in [0, 0.05) is 0 Å². The van der Waals surface area contributed by atoms with Crippen molar-refractivity contribution in [2.45, 2.75) is 150 Å². The zero-order valence-electron chi connectivity index (χ0n) is 23.9. The maximum atomic E-state index is 2.82. The second-order valence-electron chi connectivity index (χ2n) is 14.0. The van der Waals surface area contributed by atoms with Crippen molar-refractivity contribution >= 4 is 0 Å². The Bertz CT molecular complexity index is 589. The number of fused-ring (bicyclic) bond motifs is 5. The summed E-state index contributed by atoms with van der Waals surface area (Å²) in [5.74, 6) is 5.32. The lowest BCUT2D eigenvalue weighted by Gasteiger charge is -2.60. The van der Waals surface area contributed by atoms with Crippen molar-refractivity contribution in [2.75, 3.05) is 19.6 Å². The lowest BCUT2D eigenvalue weighted by molar-refractivity contribution is -0.111. The van der Waals surface area contributed by atoms with Gasteiger partial charge < -0.3 is 4.90 Å². The molecule has 0 aromatic carbocycles. The van der Waals surface area contributed by atoms with E-state index < -0.39 is 0 Å². The van der Waals surface area contributed by atoms with Crippen LogP contribution in [0.2, 0.25) is 0 Å². The lowest BCUT2D eigenvalue weighted by atomic mass is 9.45. The standard InChI is InChI=1S/C33H61N/c1-5-7-12-24-34(25-13-8-6-2)26-14-10-16-28-18-20-30-29-19-17-27-15-9-11-22-32(27,3)31(29)21-23-33(28,30)4/h27-31H,5-26H2,1-4H3/t27-,28-,29-,30?,31?,32-,33+/m0/s1. The largest absolute Gasteiger partial charge is 0.303 e. The summed E-state index contributed by atoms with van der Waals surface area (Å²) < 4.78 is 0. The number of unbranched alkanes of at least 4 members (excludes halogenated alkanes) is 5. The molecule has 0 amide bonds. The molecule has 4 fully saturated rings. The third kappa shape index (κ3) is 5.75. The monoisotopic (exact) mass is 471 g/mol. The molecule has 198 valence electrons. The van der Waals surface area contributed by atoms with Gasteiger partial charge in [0.1, 0.15) is 0 Å². The minimum Gasteiger partial charge on any atom is -0.303 e. The molecule has 0 aromatic rings. The zero-order valence-corrected chi connectivity index (χ0v) is 23.9. The average Bonchev–Trinajstić information content (AvgIpc) is 3.17. The number of hydrogen-bond acceptors (Lipinski definition) is 1. The molecule has 0 N–H and O–H groups in total. The SMILES string of the molecule is CCCCCN(CCCCC)CCCC[C@H]1CCC2[C@@H]3CC[C@@H]4CCCC[C@]4(C)C3CC[C@@]21C. The quantitative estimate of drug-likeness (QED) is 0.241. The van der Waals surface area contributed by atoms with Crippen LogP contribution in [0.1, 0.15) is 150 Å². The first kappa shape index (κ1) is 27.0. The van der Waals surface area contributed by atoms with Gasteiger partial charge in [0.15, 0.2) is 0 Å². The van der Waals surface area contributed by atoms with E-state index in [1.165, 1.54) is 90.3 Å². The summed E-state index contributed by atoms with van der Waals surface area (Å²) in [7, 11) is 0. The van der Waals surface area contributed by atoms with Crippen molar-refractivity contribution in [2.24, 2.45) is 40.4 Å². The van der Waals surface area contributed by atoms with Crippen molar-refractivity contribution in [3.05, 3.63) is 0 Å². The van der Waals surface area contributed by atoms with Gasteiger partial charge >= 0.3 is 0 Å². The van der Waals surface area contributed by atoms with E-state index in [9.17, 15) is 0 Å². The van der Waals surface area contributed by atoms with E-state index in [1.54, 1.807) is 51.4 Å². The van der Waals surface area contributed by atoms with Gasteiger partial charge in [-0.2, -0.15) is 0 Å². The first-order chi connectivity index (χ1) is 16.5. The molecular formula is C33H61N. The molecule has 4 aliphatic carbocycles. The van der Waals surface area contributed by atoms with Crippen molar-refractivity contribution in [1.29, 1.82) is 0 Å². The van der Waals surface area contributed by atoms with E-state index in [2.05, 4.69) is 32.6 Å². The predicted octanol–water partition coefficient (Wildman–Crippen LogP) is 9.89. The molecule has 1 heteroatoms. The van der Waals surface area contributed by atoms with Crippen LogP contribution in [0.5, 0.6) is 0 Å². The van der Waals surface area contributed by atoms with Gasteiger partial charge in [0.2, 0.25) is 0 Å². The van der Waals surface area contributed by atoms with Gasteiger partial charge in [-0.15, -0.1) is 0 Å². The smallest absolute Gasteiger partial charge is 0.00187 e. The fraction of sp³-hybridized carbons (Fsp3) is 1.00. The van der Waals surface area contributed by atoms with Gasteiger partial charge in [-0.3, -0.25) is 0 Å². The van der Waals surface area contributed by atoms with Crippen LogP contribution in [0.4, 0.5) is 0 Å². The highest BCUT2D eigenvalue weighted by molar-refractivity contribution is 5.08. The molecule has 34 heavy (non-hydrogen) atoms. The predicted molar refractivity (Wildman–Crippen MR) is 149 cm³/mol. The summed E-state index contributed by atoms with van der Waals surface area (Å²) in [6, 6.07) is 0. The Morgan fingerprint density at radius 1 is 0.618 bits per heavy atom. The molecule has 0 radical (unpaired) electrons.